The summed E-state index contributed by atoms with van der Waals surface area (Å²) in [6, 6.07) is 6.09. The standard InChI is InChI=1S/C19H18FN3O2/c20-13-2-1-3-15-12(13)9-16(25-15)19-18-14(21-10-22-18)6-7-23(19)17(24)8-11-4-5-11/h1-3,9-11,19H,4-8H2,(H,21,22)/t19-/m0/s1. The monoisotopic (exact) mass is 339 g/mol. The van der Waals surface area contributed by atoms with Crippen molar-refractivity contribution in [2.45, 2.75) is 31.7 Å². The fourth-order valence-corrected chi connectivity index (χ4v) is 3.70. The number of nitrogens with zero attached hydrogens (tertiary/aromatic N) is 2. The maximum atomic E-state index is 14.1. The van der Waals surface area contributed by atoms with Crippen molar-refractivity contribution in [3.05, 3.63) is 53.6 Å². The van der Waals surface area contributed by atoms with Gasteiger partial charge in [-0.2, -0.15) is 0 Å². The van der Waals surface area contributed by atoms with Gasteiger partial charge in [0, 0.05) is 25.1 Å². The van der Waals surface area contributed by atoms with E-state index in [1.54, 1.807) is 24.5 Å². The van der Waals surface area contributed by atoms with Crippen molar-refractivity contribution in [1.29, 1.82) is 0 Å². The number of halogens is 1. The van der Waals surface area contributed by atoms with Crippen molar-refractivity contribution in [2.24, 2.45) is 5.92 Å². The zero-order valence-electron chi connectivity index (χ0n) is 13.7. The molecule has 6 heteroatoms. The van der Waals surface area contributed by atoms with Crippen LogP contribution in [-0.2, 0) is 11.2 Å². The van der Waals surface area contributed by atoms with E-state index < -0.39 is 6.04 Å². The van der Waals surface area contributed by atoms with E-state index in [0.29, 0.717) is 35.6 Å². The Morgan fingerprint density at radius 1 is 1.40 bits per heavy atom. The van der Waals surface area contributed by atoms with E-state index in [9.17, 15) is 9.18 Å². The first-order valence-electron chi connectivity index (χ1n) is 8.70. The van der Waals surface area contributed by atoms with Gasteiger partial charge < -0.3 is 14.3 Å². The van der Waals surface area contributed by atoms with Crippen molar-refractivity contribution in [3.8, 4) is 0 Å². The maximum absolute atomic E-state index is 14.1. The van der Waals surface area contributed by atoms with Crippen LogP contribution >= 0.6 is 0 Å². The van der Waals surface area contributed by atoms with Gasteiger partial charge in [0.1, 0.15) is 23.2 Å². The predicted molar refractivity (Wildman–Crippen MR) is 89.4 cm³/mol. The van der Waals surface area contributed by atoms with Gasteiger partial charge in [-0.1, -0.05) is 6.07 Å². The smallest absolute Gasteiger partial charge is 0.223 e. The van der Waals surface area contributed by atoms with Crippen molar-refractivity contribution in [3.63, 3.8) is 0 Å². The van der Waals surface area contributed by atoms with Crippen LogP contribution in [0.5, 0.6) is 0 Å². The van der Waals surface area contributed by atoms with Crippen LogP contribution in [0, 0.1) is 11.7 Å². The highest BCUT2D eigenvalue weighted by Crippen LogP contribution is 2.39. The largest absolute Gasteiger partial charge is 0.458 e. The average molecular weight is 339 g/mol. The lowest BCUT2D eigenvalue weighted by molar-refractivity contribution is -0.134. The van der Waals surface area contributed by atoms with Gasteiger partial charge in [0.2, 0.25) is 5.91 Å². The van der Waals surface area contributed by atoms with E-state index in [0.717, 1.165) is 30.7 Å². The summed E-state index contributed by atoms with van der Waals surface area (Å²) in [6.07, 6.45) is 5.24. The quantitative estimate of drug-likeness (QED) is 0.793. The molecule has 0 saturated heterocycles. The van der Waals surface area contributed by atoms with E-state index in [-0.39, 0.29) is 11.7 Å². The van der Waals surface area contributed by atoms with Gasteiger partial charge in [-0.05, 0) is 37.0 Å². The third-order valence-corrected chi connectivity index (χ3v) is 5.20. The topological polar surface area (TPSA) is 62.1 Å². The second kappa shape index (κ2) is 5.44. The maximum Gasteiger partial charge on any atom is 0.223 e. The number of H-pyrrole nitrogens is 1. The van der Waals surface area contributed by atoms with Crippen LogP contribution < -0.4 is 0 Å². The minimum atomic E-state index is -0.395. The number of amides is 1. The lowest BCUT2D eigenvalue weighted by atomic mass is 9.99. The molecule has 25 heavy (non-hydrogen) atoms. The number of aromatic nitrogens is 2. The van der Waals surface area contributed by atoms with Gasteiger partial charge >= 0.3 is 0 Å². The normalized spacial score (nSPS) is 20.0. The van der Waals surface area contributed by atoms with Crippen LogP contribution in [0.25, 0.3) is 11.0 Å². The lowest BCUT2D eigenvalue weighted by Gasteiger charge is -2.33. The Labute approximate surface area is 143 Å². The number of benzene rings is 1. The van der Waals surface area contributed by atoms with Gasteiger partial charge in [-0.3, -0.25) is 4.79 Å². The third-order valence-electron chi connectivity index (χ3n) is 5.20. The first-order chi connectivity index (χ1) is 12.2. The highest BCUT2D eigenvalue weighted by molar-refractivity contribution is 5.80. The molecule has 0 radical (unpaired) electrons. The van der Waals surface area contributed by atoms with E-state index in [2.05, 4.69) is 9.97 Å². The number of furan rings is 1. The highest BCUT2D eigenvalue weighted by Gasteiger charge is 2.38. The van der Waals surface area contributed by atoms with Gasteiger partial charge in [0.05, 0.1) is 17.4 Å². The molecule has 1 amide bonds. The number of rotatable bonds is 3. The molecule has 3 aromatic rings. The van der Waals surface area contributed by atoms with Crippen LogP contribution in [0.3, 0.4) is 0 Å². The van der Waals surface area contributed by atoms with Gasteiger partial charge in [0.15, 0.2) is 0 Å². The van der Waals surface area contributed by atoms with Crippen LogP contribution in [-0.4, -0.2) is 27.3 Å². The number of nitrogens with one attached hydrogen (secondary N) is 1. The molecule has 5 rings (SSSR count). The number of fused-ring (bicyclic) bond motifs is 2. The van der Waals surface area contributed by atoms with Crippen molar-refractivity contribution in [2.75, 3.05) is 6.54 Å². The summed E-state index contributed by atoms with van der Waals surface area (Å²) in [7, 11) is 0. The molecular formula is C19H18FN3O2. The van der Waals surface area contributed by atoms with E-state index in [4.69, 9.17) is 4.42 Å². The van der Waals surface area contributed by atoms with E-state index in [1.165, 1.54) is 6.07 Å². The summed E-state index contributed by atoms with van der Waals surface area (Å²) in [4.78, 5) is 22.2. The lowest BCUT2D eigenvalue weighted by Crippen LogP contribution is -2.40. The summed E-state index contributed by atoms with van der Waals surface area (Å²) in [5, 5.41) is 0.440. The highest BCUT2D eigenvalue weighted by atomic mass is 19.1. The molecule has 1 atom stereocenters. The SMILES string of the molecule is O=C(CC1CC1)N1CCc2[nH]cnc2[C@@H]1c1cc2c(F)cccc2o1. The molecule has 1 saturated carbocycles. The predicted octanol–water partition coefficient (Wildman–Crippen LogP) is 3.57. The van der Waals surface area contributed by atoms with Crippen LogP contribution in [0.15, 0.2) is 35.0 Å². The number of carbonyl (C=O) groups excluding carboxylic acids is 1. The molecule has 3 heterocycles. The molecule has 2 aliphatic rings. The number of hydrogen-bond donors (Lipinski definition) is 1. The fraction of sp³-hybridized carbons (Fsp3) is 0.368. The number of hydrogen-bond acceptors (Lipinski definition) is 3. The van der Waals surface area contributed by atoms with Crippen molar-refractivity contribution in [1.82, 2.24) is 14.9 Å². The third kappa shape index (κ3) is 2.44. The number of aromatic amines is 1. The van der Waals surface area contributed by atoms with Crippen LogP contribution in [0.1, 0.15) is 42.5 Å². The van der Waals surface area contributed by atoms with E-state index >= 15 is 0 Å². The van der Waals surface area contributed by atoms with Crippen LogP contribution in [0.2, 0.25) is 0 Å². The molecule has 0 bridgehead atoms. The Morgan fingerprint density at radius 2 is 2.28 bits per heavy atom. The summed E-state index contributed by atoms with van der Waals surface area (Å²) in [5.41, 5.74) is 2.31. The minimum Gasteiger partial charge on any atom is -0.458 e. The Bertz CT molecular complexity index is 957. The summed E-state index contributed by atoms with van der Waals surface area (Å²) in [5.74, 6) is 0.891. The molecule has 1 aromatic carbocycles. The molecule has 1 fully saturated rings. The Hall–Kier alpha value is -2.63. The number of imidazole rings is 1. The number of carbonyl (C=O) groups is 1. The fourth-order valence-electron chi connectivity index (χ4n) is 3.70. The average Bonchev–Trinajstić information content (AvgIpc) is 3.11. The van der Waals surface area contributed by atoms with Gasteiger partial charge in [0.25, 0.3) is 0 Å². The molecule has 2 aromatic heterocycles. The van der Waals surface area contributed by atoms with Crippen LogP contribution in [0.4, 0.5) is 4.39 Å². The second-order valence-corrected chi connectivity index (χ2v) is 6.95. The van der Waals surface area contributed by atoms with Crippen molar-refractivity contribution >= 4 is 16.9 Å². The Morgan fingerprint density at radius 3 is 3.08 bits per heavy atom. The van der Waals surface area contributed by atoms with E-state index in [1.807, 2.05) is 4.90 Å². The molecule has 5 nitrogen and oxygen atoms in total. The second-order valence-electron chi connectivity index (χ2n) is 6.95. The summed E-state index contributed by atoms with van der Waals surface area (Å²) in [6.45, 7) is 0.616. The minimum absolute atomic E-state index is 0.127. The Balaban J connectivity index is 1.60. The van der Waals surface area contributed by atoms with Crippen molar-refractivity contribution < 1.29 is 13.6 Å². The summed E-state index contributed by atoms with van der Waals surface area (Å²) >= 11 is 0. The summed E-state index contributed by atoms with van der Waals surface area (Å²) < 4.78 is 20.0. The first kappa shape index (κ1) is 14.7. The first-order valence-corrected chi connectivity index (χ1v) is 8.70. The van der Waals surface area contributed by atoms with Gasteiger partial charge in [-0.25, -0.2) is 9.37 Å². The molecule has 128 valence electrons. The molecule has 1 N–H and O–H groups in total. The molecular weight excluding hydrogens is 321 g/mol. The molecule has 0 unspecified atom stereocenters. The molecule has 1 aliphatic carbocycles. The zero-order valence-corrected chi connectivity index (χ0v) is 13.7. The zero-order chi connectivity index (χ0) is 17.0. The Kier molecular flexibility index (Phi) is 3.20. The molecule has 1 aliphatic heterocycles. The van der Waals surface area contributed by atoms with Gasteiger partial charge in [-0.15, -0.1) is 0 Å². The molecule has 0 spiro atoms.